The van der Waals surface area contributed by atoms with Gasteiger partial charge < -0.3 is 5.11 Å². The van der Waals surface area contributed by atoms with Gasteiger partial charge in [0.25, 0.3) is 0 Å². The first kappa shape index (κ1) is 14.5. The first-order valence-corrected chi connectivity index (χ1v) is 7.54. The molecule has 3 heteroatoms. The van der Waals surface area contributed by atoms with E-state index >= 15 is 0 Å². The third kappa shape index (κ3) is 1.76. The molecule has 112 valence electrons. The van der Waals surface area contributed by atoms with E-state index in [1.54, 1.807) is 0 Å². The highest BCUT2D eigenvalue weighted by molar-refractivity contribution is 6.21. The van der Waals surface area contributed by atoms with Crippen molar-refractivity contribution in [2.75, 3.05) is 0 Å². The topological polar surface area (TPSA) is 54.4 Å². The number of aliphatic hydroxyl groups excluding tert-OH is 1. The van der Waals surface area contributed by atoms with Crippen molar-refractivity contribution >= 4 is 11.6 Å². The highest BCUT2D eigenvalue weighted by Gasteiger charge is 2.56. The number of rotatable bonds is 0. The van der Waals surface area contributed by atoms with Crippen LogP contribution in [0.2, 0.25) is 0 Å². The fourth-order valence-electron chi connectivity index (χ4n) is 4.78. The summed E-state index contributed by atoms with van der Waals surface area (Å²) in [6.45, 7) is 8.07. The van der Waals surface area contributed by atoms with E-state index in [0.29, 0.717) is 17.6 Å². The lowest BCUT2D eigenvalue weighted by Crippen LogP contribution is -2.53. The Balaban J connectivity index is 2.20. The Kier molecular flexibility index (Phi) is 2.93. The van der Waals surface area contributed by atoms with Crippen molar-refractivity contribution in [1.82, 2.24) is 0 Å². The molecule has 3 nitrogen and oxygen atoms in total. The van der Waals surface area contributed by atoms with Crippen molar-refractivity contribution in [2.24, 2.45) is 16.7 Å². The smallest absolute Gasteiger partial charge is 0.182 e. The van der Waals surface area contributed by atoms with Crippen LogP contribution in [0.25, 0.3) is 0 Å². The number of ketones is 2. The molecule has 21 heavy (non-hydrogen) atoms. The predicted molar refractivity (Wildman–Crippen MR) is 80.6 cm³/mol. The number of carbonyl (C=O) groups excluding carboxylic acids is 2. The molecule has 0 spiro atoms. The molecule has 0 aromatic heterocycles. The zero-order valence-electron chi connectivity index (χ0n) is 13.1. The lowest BCUT2D eigenvalue weighted by Gasteiger charge is -2.55. The molecule has 0 saturated heterocycles. The molecule has 3 atom stereocenters. The van der Waals surface area contributed by atoms with E-state index < -0.39 is 11.5 Å². The molecule has 0 aromatic carbocycles. The van der Waals surface area contributed by atoms with Crippen molar-refractivity contribution in [3.05, 3.63) is 34.9 Å². The van der Waals surface area contributed by atoms with Gasteiger partial charge in [0.15, 0.2) is 11.6 Å². The summed E-state index contributed by atoms with van der Waals surface area (Å²) in [5.74, 6) is 0.0415. The van der Waals surface area contributed by atoms with Crippen LogP contribution in [0.3, 0.4) is 0 Å². The van der Waals surface area contributed by atoms with Gasteiger partial charge in [-0.3, -0.25) is 9.59 Å². The van der Waals surface area contributed by atoms with Crippen LogP contribution in [0.4, 0.5) is 0 Å². The standard InChI is InChI=1S/C18H22O3/c1-10-5-8-14-17(2,3)15-11(9-18(14,4)16(10)21)12(19)6-7-13(15)20/h5-7,14,16,21H,8-9H2,1-4H3. The Labute approximate surface area is 125 Å². The van der Waals surface area contributed by atoms with E-state index in [1.165, 1.54) is 12.2 Å². The summed E-state index contributed by atoms with van der Waals surface area (Å²) in [6, 6.07) is 0. The number of carbonyl (C=O) groups is 2. The van der Waals surface area contributed by atoms with Gasteiger partial charge >= 0.3 is 0 Å². The quantitative estimate of drug-likeness (QED) is 0.550. The number of allylic oxidation sites excluding steroid dienone is 5. The largest absolute Gasteiger partial charge is 0.388 e. The van der Waals surface area contributed by atoms with Crippen LogP contribution in [0.15, 0.2) is 34.9 Å². The number of fused-ring (bicyclic) bond motifs is 1. The second-order valence-corrected chi connectivity index (χ2v) is 7.46. The molecule has 3 aliphatic carbocycles. The first-order chi connectivity index (χ1) is 9.69. The van der Waals surface area contributed by atoms with Crippen LogP contribution in [0.5, 0.6) is 0 Å². The number of hydrogen-bond donors (Lipinski definition) is 1. The van der Waals surface area contributed by atoms with E-state index in [2.05, 4.69) is 13.0 Å². The summed E-state index contributed by atoms with van der Waals surface area (Å²) in [5.41, 5.74) is 1.46. The summed E-state index contributed by atoms with van der Waals surface area (Å²) in [6.07, 6.45) is 5.62. The lowest BCUT2D eigenvalue weighted by atomic mass is 9.48. The molecule has 0 aliphatic heterocycles. The van der Waals surface area contributed by atoms with E-state index in [-0.39, 0.29) is 22.9 Å². The van der Waals surface area contributed by atoms with Crippen LogP contribution in [-0.4, -0.2) is 22.8 Å². The molecule has 3 aliphatic rings. The maximum Gasteiger partial charge on any atom is 0.182 e. The molecule has 3 unspecified atom stereocenters. The van der Waals surface area contributed by atoms with Crippen LogP contribution in [0, 0.1) is 16.7 Å². The maximum absolute atomic E-state index is 12.3. The third-order valence-corrected chi connectivity index (χ3v) is 5.83. The highest BCUT2D eigenvalue weighted by atomic mass is 16.3. The Morgan fingerprint density at radius 1 is 1.14 bits per heavy atom. The van der Waals surface area contributed by atoms with E-state index in [1.807, 2.05) is 20.8 Å². The van der Waals surface area contributed by atoms with Crippen molar-refractivity contribution in [3.8, 4) is 0 Å². The predicted octanol–water partition coefficient (Wildman–Crippen LogP) is 2.75. The number of aliphatic hydroxyl groups is 1. The van der Waals surface area contributed by atoms with Gasteiger partial charge in [-0.1, -0.05) is 26.8 Å². The molecule has 0 radical (unpaired) electrons. The Bertz CT molecular complexity index is 633. The van der Waals surface area contributed by atoms with Crippen LogP contribution in [0.1, 0.15) is 40.5 Å². The molecule has 0 fully saturated rings. The molecule has 1 N–H and O–H groups in total. The minimum Gasteiger partial charge on any atom is -0.388 e. The summed E-state index contributed by atoms with van der Waals surface area (Å²) in [4.78, 5) is 24.6. The molecule has 0 saturated carbocycles. The number of hydrogen-bond acceptors (Lipinski definition) is 3. The van der Waals surface area contributed by atoms with E-state index in [9.17, 15) is 14.7 Å². The summed E-state index contributed by atoms with van der Waals surface area (Å²) >= 11 is 0. The molecular formula is C18H22O3. The molecule has 0 heterocycles. The van der Waals surface area contributed by atoms with Gasteiger partial charge in [0.2, 0.25) is 0 Å². The van der Waals surface area contributed by atoms with Crippen molar-refractivity contribution in [3.63, 3.8) is 0 Å². The van der Waals surface area contributed by atoms with Crippen LogP contribution < -0.4 is 0 Å². The van der Waals surface area contributed by atoms with Crippen LogP contribution >= 0.6 is 0 Å². The summed E-state index contributed by atoms with van der Waals surface area (Å²) < 4.78 is 0. The first-order valence-electron chi connectivity index (χ1n) is 7.54. The highest BCUT2D eigenvalue weighted by Crippen LogP contribution is 2.59. The Morgan fingerprint density at radius 3 is 2.43 bits per heavy atom. The zero-order valence-corrected chi connectivity index (χ0v) is 13.1. The fourth-order valence-corrected chi connectivity index (χ4v) is 4.78. The molecule has 0 amide bonds. The molecule has 3 rings (SSSR count). The average molecular weight is 286 g/mol. The second-order valence-electron chi connectivity index (χ2n) is 7.46. The Morgan fingerprint density at radius 2 is 1.76 bits per heavy atom. The minimum absolute atomic E-state index is 0.0441. The van der Waals surface area contributed by atoms with Gasteiger partial charge in [-0.2, -0.15) is 0 Å². The molecule has 0 aromatic rings. The Hall–Kier alpha value is -1.48. The van der Waals surface area contributed by atoms with Crippen LogP contribution in [-0.2, 0) is 9.59 Å². The van der Waals surface area contributed by atoms with Gasteiger partial charge in [-0.05, 0) is 48.8 Å². The third-order valence-electron chi connectivity index (χ3n) is 5.83. The maximum atomic E-state index is 12.3. The van der Waals surface area contributed by atoms with Gasteiger partial charge in [0.05, 0.1) is 6.10 Å². The van der Waals surface area contributed by atoms with Crippen molar-refractivity contribution in [1.29, 1.82) is 0 Å². The van der Waals surface area contributed by atoms with Crippen molar-refractivity contribution in [2.45, 2.75) is 46.6 Å². The zero-order chi connectivity index (χ0) is 15.6. The molecular weight excluding hydrogens is 264 g/mol. The summed E-state index contributed by atoms with van der Waals surface area (Å²) in [7, 11) is 0. The van der Waals surface area contributed by atoms with Crippen molar-refractivity contribution < 1.29 is 14.7 Å². The second kappa shape index (κ2) is 4.26. The average Bonchev–Trinajstić information content (AvgIpc) is 2.39. The van der Waals surface area contributed by atoms with Gasteiger partial charge in [-0.15, -0.1) is 0 Å². The van der Waals surface area contributed by atoms with E-state index in [4.69, 9.17) is 0 Å². The van der Waals surface area contributed by atoms with Gasteiger partial charge in [0, 0.05) is 16.6 Å². The van der Waals surface area contributed by atoms with E-state index in [0.717, 1.165) is 12.0 Å². The fraction of sp³-hybridized carbons (Fsp3) is 0.556. The summed E-state index contributed by atoms with van der Waals surface area (Å²) in [5, 5.41) is 10.7. The van der Waals surface area contributed by atoms with Gasteiger partial charge in [0.1, 0.15) is 0 Å². The lowest BCUT2D eigenvalue weighted by molar-refractivity contribution is -0.119. The van der Waals surface area contributed by atoms with Gasteiger partial charge in [-0.25, -0.2) is 0 Å². The monoisotopic (exact) mass is 286 g/mol. The minimum atomic E-state index is -0.557. The SMILES string of the molecule is CC1=CCC2C(C)(C)C3=C(CC2(C)C1O)C(=O)C=CC3=O. The normalized spacial score (nSPS) is 38.0. The molecule has 0 bridgehead atoms.